The van der Waals surface area contributed by atoms with Gasteiger partial charge in [0.05, 0.1) is 18.5 Å². The van der Waals surface area contributed by atoms with Gasteiger partial charge in [0.15, 0.2) is 5.65 Å². The Morgan fingerprint density at radius 2 is 1.19 bits per heavy atom. The average molecular weight is 960 g/mol. The Morgan fingerprint density at radius 3 is 1.70 bits per heavy atom. The number of rotatable bonds is 6. The smallest absolute Gasteiger partial charge is 0.419 e. The average Bonchev–Trinajstić information content (AvgIpc) is 3.85. The van der Waals surface area contributed by atoms with Crippen molar-refractivity contribution in [3.63, 3.8) is 0 Å². The minimum Gasteiger partial charge on any atom is -0.452 e. The van der Waals surface area contributed by atoms with Crippen LogP contribution in [0.2, 0.25) is 10.3 Å². The van der Waals surface area contributed by atoms with Gasteiger partial charge in [-0.1, -0.05) is 30.6 Å². The van der Waals surface area contributed by atoms with E-state index in [4.69, 9.17) is 47.4 Å². The van der Waals surface area contributed by atoms with Gasteiger partial charge in [-0.25, -0.2) is 48.9 Å². The first-order valence-corrected chi connectivity index (χ1v) is 22.6. The molecule has 8 heterocycles. The van der Waals surface area contributed by atoms with Crippen molar-refractivity contribution in [1.29, 1.82) is 0 Å². The second-order valence-corrected chi connectivity index (χ2v) is 19.2. The van der Waals surface area contributed by atoms with Crippen LogP contribution in [0.3, 0.4) is 0 Å². The normalized spacial score (nSPS) is 16.4. The molecule has 0 aliphatic carbocycles. The molecule has 6 aromatic heterocycles. The number of methoxy groups -OCH3 is 1. The van der Waals surface area contributed by atoms with E-state index in [0.717, 1.165) is 59.1 Å². The maximum atomic E-state index is 12.5. The predicted molar refractivity (Wildman–Crippen MR) is 261 cm³/mol. The molecule has 2 saturated heterocycles. The second-order valence-electron chi connectivity index (χ2n) is 18.4. The van der Waals surface area contributed by atoms with E-state index in [0.29, 0.717) is 65.5 Å². The number of nitrogens with zero attached hydrogens (tertiary/aromatic N) is 9. The van der Waals surface area contributed by atoms with Crippen LogP contribution in [-0.2, 0) is 14.2 Å². The number of pyridine rings is 2. The van der Waals surface area contributed by atoms with Crippen molar-refractivity contribution in [3.8, 4) is 22.5 Å². The number of halogens is 2. The zero-order valence-corrected chi connectivity index (χ0v) is 40.2. The van der Waals surface area contributed by atoms with Crippen LogP contribution in [0.5, 0.6) is 0 Å². The highest BCUT2D eigenvalue weighted by atomic mass is 35.5. The topological polar surface area (TPSA) is 208 Å². The van der Waals surface area contributed by atoms with Crippen molar-refractivity contribution in [2.75, 3.05) is 43.9 Å². The first-order valence-electron chi connectivity index (χ1n) is 21.8. The number of piperidine rings is 2. The fourth-order valence-electron chi connectivity index (χ4n) is 7.79. The Kier molecular flexibility index (Phi) is 15.5. The number of fused-ring (bicyclic) bond motifs is 2. The van der Waals surface area contributed by atoms with Gasteiger partial charge in [0.2, 0.25) is 11.9 Å². The highest BCUT2D eigenvalue weighted by Crippen LogP contribution is 2.33. The van der Waals surface area contributed by atoms with Gasteiger partial charge in [-0.05, 0) is 116 Å². The van der Waals surface area contributed by atoms with E-state index < -0.39 is 17.3 Å². The van der Waals surface area contributed by atoms with Crippen molar-refractivity contribution >= 4 is 75.4 Å². The Morgan fingerprint density at radius 1 is 0.701 bits per heavy atom. The predicted octanol–water partition coefficient (Wildman–Crippen LogP) is 10.3. The number of hydrogen-bond acceptors (Lipinski definition) is 14. The largest absolute Gasteiger partial charge is 0.452 e. The lowest BCUT2D eigenvalue weighted by Gasteiger charge is -2.34. The number of aromatic amines is 1. The molecule has 8 rings (SSSR count). The Labute approximate surface area is 400 Å². The van der Waals surface area contributed by atoms with Crippen LogP contribution < -0.4 is 10.6 Å². The third-order valence-electron chi connectivity index (χ3n) is 10.8. The van der Waals surface area contributed by atoms with Crippen molar-refractivity contribution < 1.29 is 28.6 Å². The number of anilines is 2. The highest BCUT2D eigenvalue weighted by molar-refractivity contribution is 6.30. The second kappa shape index (κ2) is 20.7. The number of hydrogen-bond donors (Lipinski definition) is 3. The van der Waals surface area contributed by atoms with Gasteiger partial charge in [-0.3, -0.25) is 0 Å². The Balaban J connectivity index is 0.000000219. The molecule has 67 heavy (non-hydrogen) atoms. The summed E-state index contributed by atoms with van der Waals surface area (Å²) >= 11 is 12.1. The third-order valence-corrected chi connectivity index (χ3v) is 11.2. The molecule has 2 amide bonds. The lowest BCUT2D eigenvalue weighted by molar-refractivity contribution is 0.0196. The quantitative estimate of drug-likeness (QED) is 0.105. The number of amides is 2. The van der Waals surface area contributed by atoms with Crippen LogP contribution in [0, 0.1) is 13.8 Å². The van der Waals surface area contributed by atoms with Gasteiger partial charge in [-0.2, -0.15) is 0 Å². The molecule has 2 aliphatic heterocycles. The summed E-state index contributed by atoms with van der Waals surface area (Å²) in [4.78, 5) is 71.0. The van der Waals surface area contributed by atoms with Crippen LogP contribution in [0.1, 0.15) is 85.8 Å². The maximum Gasteiger partial charge on any atom is 0.419 e. The van der Waals surface area contributed by atoms with Gasteiger partial charge in [0.1, 0.15) is 27.2 Å². The first-order chi connectivity index (χ1) is 31.2. The fourth-order valence-corrected chi connectivity index (χ4v) is 8.08. The number of nitrogens with one attached hydrogen (secondary N) is 3. The minimum absolute atomic E-state index is 0. The number of carbonyl (C=O) groups excluding carboxylic acids is 3. The molecule has 0 radical (unpaired) electrons. The van der Waals surface area contributed by atoms with Crippen LogP contribution in [0.4, 0.5) is 26.3 Å². The number of ether oxygens (including phenoxy) is 3. The molecule has 0 spiro atoms. The van der Waals surface area contributed by atoms with Gasteiger partial charge in [0, 0.05) is 84.9 Å². The monoisotopic (exact) mass is 958 g/mol. The van der Waals surface area contributed by atoms with E-state index in [2.05, 4.69) is 35.6 Å². The lowest BCUT2D eigenvalue weighted by Crippen LogP contribution is -2.47. The molecule has 2 fully saturated rings. The van der Waals surface area contributed by atoms with E-state index in [1.807, 2.05) is 67.7 Å². The SMILES string of the molecule is C.COC(=O)n1cc(-c2nc(N[C@H]3CCCN(C(=O)OC(C)(C)C)C3)ncc2C)c2ccc(Cl)nc21.Cc1cnc(N[C@H]2CCCN(C(=O)OC(C)(C)C)C2)nc1-c1c[nH]c2nc(Cl)ccc12. The van der Waals surface area contributed by atoms with Crippen molar-refractivity contribution in [3.05, 3.63) is 70.5 Å². The van der Waals surface area contributed by atoms with Crippen molar-refractivity contribution in [2.45, 2.75) is 112 Å². The summed E-state index contributed by atoms with van der Waals surface area (Å²) in [5, 5.41) is 9.12. The first kappa shape index (κ1) is 50.1. The molecule has 0 bridgehead atoms. The molecule has 2 atom stereocenters. The summed E-state index contributed by atoms with van der Waals surface area (Å²) in [7, 11) is 1.31. The fraction of sp³-hybridized carbons (Fsp3) is 0.468. The molecular formula is C47H60Cl2N12O6. The standard InChI is InChI=1S/C24H29ClN6O4.C22H27ClN6O2.CH4/c1-14-11-26-21(27-15-7-6-10-30(12-15)22(32)35-24(2,3)4)29-19(14)17-13-31(23(33)34-5)20-16(17)8-9-18(25)28-20;1-13-10-25-20(26-14-6-5-9-29(12-14)21(30)31-22(2,3)4)28-18(13)16-11-24-19-15(16)7-8-17(23)27-19;/h8-9,11,13,15H,6-7,10,12H2,1-5H3,(H,26,27,29);7-8,10-11,14H,5-6,9,12H2,1-4H3,(H,24,27)(H,25,26,28);1H4/t15-;14-;/m00./s1. The van der Waals surface area contributed by atoms with Crippen LogP contribution >= 0.6 is 23.2 Å². The van der Waals surface area contributed by atoms with Crippen molar-refractivity contribution in [1.82, 2.24) is 49.3 Å². The molecule has 3 N–H and O–H groups in total. The molecule has 358 valence electrons. The molecular weight excluding hydrogens is 900 g/mol. The molecule has 2 aliphatic rings. The zero-order valence-electron chi connectivity index (χ0n) is 38.7. The molecule has 0 saturated carbocycles. The summed E-state index contributed by atoms with van der Waals surface area (Å²) in [6.07, 6.45) is 9.42. The summed E-state index contributed by atoms with van der Waals surface area (Å²) in [6.45, 7) is 17.4. The van der Waals surface area contributed by atoms with Crippen LogP contribution in [0.15, 0.2) is 49.1 Å². The molecule has 18 nitrogen and oxygen atoms in total. The lowest BCUT2D eigenvalue weighted by atomic mass is 10.1. The molecule has 0 aromatic carbocycles. The highest BCUT2D eigenvalue weighted by Gasteiger charge is 2.30. The van der Waals surface area contributed by atoms with Crippen molar-refractivity contribution in [2.24, 2.45) is 0 Å². The van der Waals surface area contributed by atoms with Gasteiger partial charge < -0.3 is 39.6 Å². The Bertz CT molecular complexity index is 2750. The zero-order chi connectivity index (χ0) is 47.5. The molecule has 20 heteroatoms. The summed E-state index contributed by atoms with van der Waals surface area (Å²) in [5.41, 5.74) is 4.96. The van der Waals surface area contributed by atoms with E-state index in [-0.39, 0.29) is 36.8 Å². The third kappa shape index (κ3) is 12.4. The summed E-state index contributed by atoms with van der Waals surface area (Å²) in [6, 6.07) is 7.20. The van der Waals surface area contributed by atoms with Gasteiger partial charge >= 0.3 is 18.3 Å². The van der Waals surface area contributed by atoms with E-state index in [1.54, 1.807) is 46.6 Å². The number of likely N-dealkylation sites (tertiary alicyclic amines) is 2. The maximum absolute atomic E-state index is 12.5. The number of aryl methyl sites for hydroxylation is 2. The molecule has 6 aromatic rings. The van der Waals surface area contributed by atoms with Crippen LogP contribution in [0.25, 0.3) is 44.6 Å². The van der Waals surface area contributed by atoms with E-state index >= 15 is 0 Å². The number of carbonyl (C=O) groups is 3. The van der Waals surface area contributed by atoms with E-state index in [1.165, 1.54) is 11.7 Å². The minimum atomic E-state index is -0.578. The van der Waals surface area contributed by atoms with Gasteiger partial charge in [0.25, 0.3) is 0 Å². The van der Waals surface area contributed by atoms with Crippen LogP contribution in [-0.4, -0.2) is 124 Å². The summed E-state index contributed by atoms with van der Waals surface area (Å²) in [5.74, 6) is 0.968. The summed E-state index contributed by atoms with van der Waals surface area (Å²) < 4.78 is 17.3. The number of H-pyrrole nitrogens is 1. The Hall–Kier alpha value is -6.27. The number of aromatic nitrogens is 8. The molecule has 0 unspecified atom stereocenters. The van der Waals surface area contributed by atoms with Gasteiger partial charge in [-0.15, -0.1) is 0 Å². The van der Waals surface area contributed by atoms with E-state index in [9.17, 15) is 14.4 Å².